The maximum atomic E-state index is 12.8. The molecule has 2 aliphatic rings. The van der Waals surface area contributed by atoms with E-state index in [0.29, 0.717) is 30.1 Å². The van der Waals surface area contributed by atoms with E-state index in [1.165, 1.54) is 28.4 Å². The average molecular weight is 451 g/mol. The van der Waals surface area contributed by atoms with E-state index < -0.39 is 0 Å². The standard InChI is InChI=1S/C24H30N6OS/c1-15-27-21(29-9-11-30(12-10-29)23(31)18-14-25-7-8-26-18)20-17-6-5-16(24(2,3)4)13-19(17)32-22(20)28-15/h7-8,14,16H,5-6,9-13H2,1-4H3/t16-/m1/s1. The van der Waals surface area contributed by atoms with Crippen molar-refractivity contribution in [3.05, 3.63) is 40.5 Å². The molecule has 8 heteroatoms. The van der Waals surface area contributed by atoms with E-state index in [2.05, 4.69) is 35.6 Å². The maximum Gasteiger partial charge on any atom is 0.274 e. The van der Waals surface area contributed by atoms with Crippen molar-refractivity contribution in [2.24, 2.45) is 11.3 Å². The number of rotatable bonds is 2. The Morgan fingerprint density at radius 3 is 2.59 bits per heavy atom. The molecule has 0 N–H and O–H groups in total. The van der Waals surface area contributed by atoms with Gasteiger partial charge >= 0.3 is 0 Å². The summed E-state index contributed by atoms with van der Waals surface area (Å²) >= 11 is 1.86. The summed E-state index contributed by atoms with van der Waals surface area (Å²) < 4.78 is 0. The second kappa shape index (κ2) is 8.06. The highest BCUT2D eigenvalue weighted by Crippen LogP contribution is 2.45. The number of aromatic nitrogens is 4. The number of nitrogens with zero attached hydrogens (tertiary/aromatic N) is 6. The summed E-state index contributed by atoms with van der Waals surface area (Å²) in [4.78, 5) is 37.4. The highest BCUT2D eigenvalue weighted by molar-refractivity contribution is 7.19. The van der Waals surface area contributed by atoms with Gasteiger partial charge in [0.25, 0.3) is 5.91 Å². The number of carbonyl (C=O) groups excluding carboxylic acids is 1. The molecule has 3 aromatic rings. The van der Waals surface area contributed by atoms with Gasteiger partial charge in [-0.25, -0.2) is 15.0 Å². The first-order valence-corrected chi connectivity index (χ1v) is 12.2. The Kier molecular flexibility index (Phi) is 5.35. The van der Waals surface area contributed by atoms with Crippen molar-refractivity contribution in [1.29, 1.82) is 0 Å². The normalized spacial score (nSPS) is 19.3. The van der Waals surface area contributed by atoms with Crippen molar-refractivity contribution >= 4 is 33.3 Å². The molecule has 1 aliphatic heterocycles. The first kappa shape index (κ1) is 21.2. The molecule has 0 radical (unpaired) electrons. The van der Waals surface area contributed by atoms with E-state index in [4.69, 9.17) is 9.97 Å². The lowest BCUT2D eigenvalue weighted by Crippen LogP contribution is -2.49. The Hall–Kier alpha value is -2.61. The molecule has 1 saturated heterocycles. The fourth-order valence-corrected chi connectivity index (χ4v) is 6.26. The predicted molar refractivity (Wildman–Crippen MR) is 127 cm³/mol. The van der Waals surface area contributed by atoms with E-state index in [0.717, 1.165) is 42.4 Å². The largest absolute Gasteiger partial charge is 0.352 e. The van der Waals surface area contributed by atoms with E-state index in [-0.39, 0.29) is 5.91 Å². The number of hydrogen-bond acceptors (Lipinski definition) is 7. The Morgan fingerprint density at radius 2 is 1.91 bits per heavy atom. The molecule has 0 saturated carbocycles. The molecule has 3 aromatic heterocycles. The smallest absolute Gasteiger partial charge is 0.274 e. The van der Waals surface area contributed by atoms with E-state index in [1.54, 1.807) is 12.4 Å². The van der Waals surface area contributed by atoms with Crippen molar-refractivity contribution in [2.75, 3.05) is 31.1 Å². The topological polar surface area (TPSA) is 75.1 Å². The van der Waals surface area contributed by atoms with Gasteiger partial charge in [0.1, 0.15) is 22.2 Å². The van der Waals surface area contributed by atoms with Crippen LogP contribution in [0.3, 0.4) is 0 Å². The third-order valence-electron chi connectivity index (χ3n) is 6.87. The second-order valence-electron chi connectivity index (χ2n) is 9.95. The highest BCUT2D eigenvalue weighted by Gasteiger charge is 2.33. The van der Waals surface area contributed by atoms with Crippen LogP contribution in [0.5, 0.6) is 0 Å². The first-order valence-electron chi connectivity index (χ1n) is 11.4. The van der Waals surface area contributed by atoms with Crippen LogP contribution in [0, 0.1) is 18.3 Å². The maximum absolute atomic E-state index is 12.8. The van der Waals surface area contributed by atoms with Crippen molar-refractivity contribution in [1.82, 2.24) is 24.8 Å². The summed E-state index contributed by atoms with van der Waals surface area (Å²) in [5.74, 6) is 2.52. The van der Waals surface area contributed by atoms with Gasteiger partial charge in [0.05, 0.1) is 11.6 Å². The van der Waals surface area contributed by atoms with Crippen molar-refractivity contribution < 1.29 is 4.79 Å². The lowest BCUT2D eigenvalue weighted by atomic mass is 9.72. The molecule has 32 heavy (non-hydrogen) atoms. The van der Waals surface area contributed by atoms with Crippen LogP contribution in [-0.4, -0.2) is 56.9 Å². The highest BCUT2D eigenvalue weighted by atomic mass is 32.1. The Labute approximate surface area is 192 Å². The summed E-state index contributed by atoms with van der Waals surface area (Å²) in [5, 5.41) is 1.25. The second-order valence-corrected chi connectivity index (χ2v) is 11.0. The summed E-state index contributed by atoms with van der Waals surface area (Å²) in [7, 11) is 0. The monoisotopic (exact) mass is 450 g/mol. The quantitative estimate of drug-likeness (QED) is 0.589. The molecular weight excluding hydrogens is 420 g/mol. The first-order chi connectivity index (χ1) is 15.3. The van der Waals surface area contributed by atoms with Crippen LogP contribution in [0.25, 0.3) is 10.2 Å². The van der Waals surface area contributed by atoms with Crippen LogP contribution in [0.15, 0.2) is 18.6 Å². The minimum atomic E-state index is -0.0529. The third-order valence-corrected chi connectivity index (χ3v) is 8.02. The molecule has 7 nitrogen and oxygen atoms in total. The molecular formula is C24H30N6OS. The van der Waals surface area contributed by atoms with Gasteiger partial charge in [0, 0.05) is 43.4 Å². The molecule has 1 amide bonds. The number of thiophene rings is 1. The zero-order chi connectivity index (χ0) is 22.5. The molecule has 4 heterocycles. The molecule has 1 fully saturated rings. The minimum Gasteiger partial charge on any atom is -0.352 e. The molecule has 168 valence electrons. The van der Waals surface area contributed by atoms with E-state index in [9.17, 15) is 4.79 Å². The number of fused-ring (bicyclic) bond motifs is 3. The number of aryl methyl sites for hydroxylation is 2. The Balaban J connectivity index is 1.41. The van der Waals surface area contributed by atoms with Gasteiger partial charge in [-0.15, -0.1) is 11.3 Å². The molecule has 5 rings (SSSR count). The molecule has 0 unspecified atom stereocenters. The average Bonchev–Trinajstić information content (AvgIpc) is 3.15. The molecule has 1 atom stereocenters. The minimum absolute atomic E-state index is 0.0529. The van der Waals surface area contributed by atoms with E-state index >= 15 is 0 Å². The summed E-state index contributed by atoms with van der Waals surface area (Å²) in [5.41, 5.74) is 2.18. The number of amides is 1. The van der Waals surface area contributed by atoms with Gasteiger partial charge < -0.3 is 9.80 Å². The van der Waals surface area contributed by atoms with Crippen LogP contribution in [0.1, 0.15) is 53.9 Å². The zero-order valence-electron chi connectivity index (χ0n) is 19.3. The molecule has 0 aromatic carbocycles. The fraction of sp³-hybridized carbons (Fsp3) is 0.542. The van der Waals surface area contributed by atoms with Crippen molar-refractivity contribution in [3.63, 3.8) is 0 Å². The molecule has 0 spiro atoms. The van der Waals surface area contributed by atoms with Gasteiger partial charge in [-0.3, -0.25) is 9.78 Å². The van der Waals surface area contributed by atoms with Gasteiger partial charge in [-0.2, -0.15) is 0 Å². The van der Waals surface area contributed by atoms with Gasteiger partial charge in [0.15, 0.2) is 0 Å². The lowest BCUT2D eigenvalue weighted by Gasteiger charge is -2.36. The summed E-state index contributed by atoms with van der Waals surface area (Å²) in [6.07, 6.45) is 8.14. The van der Waals surface area contributed by atoms with Crippen molar-refractivity contribution in [2.45, 2.75) is 47.0 Å². The molecule has 0 bridgehead atoms. The lowest BCUT2D eigenvalue weighted by molar-refractivity contribution is 0.0740. The third kappa shape index (κ3) is 3.85. The van der Waals surface area contributed by atoms with E-state index in [1.807, 2.05) is 23.2 Å². The Morgan fingerprint density at radius 1 is 1.12 bits per heavy atom. The predicted octanol–water partition coefficient (Wildman–Crippen LogP) is 3.90. The SMILES string of the molecule is Cc1nc(N2CCN(C(=O)c3cnccn3)CC2)c2c3c(sc2n1)C[C@H](C(C)(C)C)CC3. The Bertz CT molecular complexity index is 1140. The van der Waals surface area contributed by atoms with Gasteiger partial charge in [0.2, 0.25) is 0 Å². The fourth-order valence-electron chi connectivity index (χ4n) is 4.92. The number of piperazine rings is 1. The van der Waals surface area contributed by atoms with Gasteiger partial charge in [-0.05, 0) is 43.1 Å². The van der Waals surface area contributed by atoms with Crippen LogP contribution >= 0.6 is 11.3 Å². The number of hydrogen-bond donors (Lipinski definition) is 0. The van der Waals surface area contributed by atoms with Crippen LogP contribution in [0.2, 0.25) is 0 Å². The number of anilines is 1. The van der Waals surface area contributed by atoms with Crippen LogP contribution < -0.4 is 4.90 Å². The summed E-state index contributed by atoms with van der Waals surface area (Å²) in [6.45, 7) is 11.9. The number of carbonyl (C=O) groups is 1. The summed E-state index contributed by atoms with van der Waals surface area (Å²) in [6, 6.07) is 0. The van der Waals surface area contributed by atoms with Crippen LogP contribution in [0.4, 0.5) is 5.82 Å². The molecule has 1 aliphatic carbocycles. The van der Waals surface area contributed by atoms with Crippen LogP contribution in [-0.2, 0) is 12.8 Å². The zero-order valence-corrected chi connectivity index (χ0v) is 20.1. The van der Waals surface area contributed by atoms with Gasteiger partial charge in [-0.1, -0.05) is 20.8 Å². The van der Waals surface area contributed by atoms with Crippen molar-refractivity contribution in [3.8, 4) is 0 Å².